The first-order chi connectivity index (χ1) is 11.2. The molecule has 2 aromatic carbocycles. The number of hydrogen-bond acceptors (Lipinski definition) is 3. The standard InChI is InChI=1S/C18H20N2O2S/c1-3-13-4-7-15(8-5-13)20-18(23)19-12(2)14-6-9-16-17(10-14)22-11-21-16/h4-10,12H,3,11H2,1-2H3,(H2,19,20,23). The predicted molar refractivity (Wildman–Crippen MR) is 96.2 cm³/mol. The quantitative estimate of drug-likeness (QED) is 0.830. The van der Waals surface area contributed by atoms with Crippen molar-refractivity contribution in [3.05, 3.63) is 53.6 Å². The van der Waals surface area contributed by atoms with E-state index in [1.807, 2.05) is 30.3 Å². The average Bonchev–Trinajstić information content (AvgIpc) is 3.03. The molecule has 5 heteroatoms. The second-order valence-electron chi connectivity index (χ2n) is 5.48. The van der Waals surface area contributed by atoms with E-state index in [0.29, 0.717) is 5.11 Å². The summed E-state index contributed by atoms with van der Waals surface area (Å²) in [4.78, 5) is 0. The van der Waals surface area contributed by atoms with Gasteiger partial charge in [-0.05, 0) is 61.0 Å². The molecule has 1 heterocycles. The van der Waals surface area contributed by atoms with Crippen molar-refractivity contribution in [1.82, 2.24) is 5.32 Å². The highest BCUT2D eigenvalue weighted by Crippen LogP contribution is 2.34. The van der Waals surface area contributed by atoms with Crippen molar-refractivity contribution in [2.75, 3.05) is 12.1 Å². The maximum absolute atomic E-state index is 5.41. The summed E-state index contributed by atoms with van der Waals surface area (Å²) in [6.45, 7) is 4.49. The van der Waals surface area contributed by atoms with Gasteiger partial charge in [0.1, 0.15) is 0 Å². The minimum atomic E-state index is 0.0689. The Bertz CT molecular complexity index is 701. The topological polar surface area (TPSA) is 42.5 Å². The number of ether oxygens (including phenoxy) is 2. The van der Waals surface area contributed by atoms with Gasteiger partial charge in [0, 0.05) is 5.69 Å². The molecule has 1 atom stereocenters. The number of anilines is 1. The number of hydrogen-bond donors (Lipinski definition) is 2. The Balaban J connectivity index is 1.60. The molecule has 0 spiro atoms. The van der Waals surface area contributed by atoms with E-state index in [9.17, 15) is 0 Å². The Morgan fingerprint density at radius 2 is 1.87 bits per heavy atom. The second-order valence-corrected chi connectivity index (χ2v) is 5.89. The fourth-order valence-electron chi connectivity index (χ4n) is 2.45. The van der Waals surface area contributed by atoms with Gasteiger partial charge in [0.15, 0.2) is 16.6 Å². The van der Waals surface area contributed by atoms with Crippen LogP contribution in [0.3, 0.4) is 0 Å². The van der Waals surface area contributed by atoms with Crippen molar-refractivity contribution in [1.29, 1.82) is 0 Å². The molecule has 1 aliphatic heterocycles. The van der Waals surface area contributed by atoms with Crippen molar-refractivity contribution < 1.29 is 9.47 Å². The van der Waals surface area contributed by atoms with Crippen LogP contribution >= 0.6 is 12.2 Å². The van der Waals surface area contributed by atoms with E-state index in [1.54, 1.807) is 0 Å². The highest BCUT2D eigenvalue weighted by molar-refractivity contribution is 7.80. The van der Waals surface area contributed by atoms with Crippen LogP contribution in [0.5, 0.6) is 11.5 Å². The number of nitrogens with one attached hydrogen (secondary N) is 2. The molecular formula is C18H20N2O2S. The first-order valence-electron chi connectivity index (χ1n) is 7.71. The first kappa shape index (κ1) is 15.6. The molecule has 4 nitrogen and oxygen atoms in total. The van der Waals surface area contributed by atoms with Crippen molar-refractivity contribution in [2.24, 2.45) is 0 Å². The fraction of sp³-hybridized carbons (Fsp3) is 0.278. The molecule has 0 radical (unpaired) electrons. The Hall–Kier alpha value is -2.27. The molecule has 0 aromatic heterocycles. The molecule has 0 saturated carbocycles. The first-order valence-corrected chi connectivity index (χ1v) is 8.12. The van der Waals surface area contributed by atoms with Crippen LogP contribution in [0.2, 0.25) is 0 Å². The normalized spacial score (nSPS) is 13.5. The van der Waals surface area contributed by atoms with Gasteiger partial charge < -0.3 is 20.1 Å². The third-order valence-corrected chi connectivity index (χ3v) is 4.08. The van der Waals surface area contributed by atoms with E-state index >= 15 is 0 Å². The lowest BCUT2D eigenvalue weighted by Crippen LogP contribution is -2.30. The van der Waals surface area contributed by atoms with Crippen LogP contribution in [-0.2, 0) is 6.42 Å². The molecule has 2 N–H and O–H groups in total. The minimum absolute atomic E-state index is 0.0689. The number of benzene rings is 2. The molecule has 0 bridgehead atoms. The molecule has 0 fully saturated rings. The zero-order valence-corrected chi connectivity index (χ0v) is 14.1. The van der Waals surface area contributed by atoms with Crippen LogP contribution in [0.4, 0.5) is 5.69 Å². The smallest absolute Gasteiger partial charge is 0.231 e. The summed E-state index contributed by atoms with van der Waals surface area (Å²) >= 11 is 5.39. The van der Waals surface area contributed by atoms with E-state index in [0.717, 1.165) is 29.2 Å². The van der Waals surface area contributed by atoms with Crippen molar-refractivity contribution >= 4 is 23.0 Å². The van der Waals surface area contributed by atoms with Gasteiger partial charge in [-0.15, -0.1) is 0 Å². The van der Waals surface area contributed by atoms with E-state index in [2.05, 4.69) is 36.6 Å². The fourth-order valence-corrected chi connectivity index (χ4v) is 2.75. The highest BCUT2D eigenvalue weighted by atomic mass is 32.1. The molecule has 1 unspecified atom stereocenters. The predicted octanol–water partition coefficient (Wildman–Crippen LogP) is 4.03. The van der Waals surface area contributed by atoms with Crippen molar-refractivity contribution in [2.45, 2.75) is 26.3 Å². The highest BCUT2D eigenvalue weighted by Gasteiger charge is 2.16. The Morgan fingerprint density at radius 1 is 1.13 bits per heavy atom. The van der Waals surface area contributed by atoms with Crippen LogP contribution in [0.25, 0.3) is 0 Å². The van der Waals surface area contributed by atoms with Crippen LogP contribution in [0, 0.1) is 0 Å². The SMILES string of the molecule is CCc1ccc(NC(=S)NC(C)c2ccc3c(c2)OCO3)cc1. The summed E-state index contributed by atoms with van der Waals surface area (Å²) in [5, 5.41) is 7.10. The minimum Gasteiger partial charge on any atom is -0.454 e. The van der Waals surface area contributed by atoms with Crippen molar-refractivity contribution in [3.8, 4) is 11.5 Å². The lowest BCUT2D eigenvalue weighted by atomic mass is 10.1. The average molecular weight is 328 g/mol. The zero-order valence-electron chi connectivity index (χ0n) is 13.3. The number of thiocarbonyl (C=S) groups is 1. The van der Waals surface area contributed by atoms with Gasteiger partial charge in [0.05, 0.1) is 6.04 Å². The van der Waals surface area contributed by atoms with Gasteiger partial charge in [-0.25, -0.2) is 0 Å². The molecule has 3 rings (SSSR count). The molecule has 0 saturated heterocycles. The summed E-state index contributed by atoms with van der Waals surface area (Å²) in [6.07, 6.45) is 1.03. The van der Waals surface area contributed by atoms with E-state index < -0.39 is 0 Å². The van der Waals surface area contributed by atoms with Gasteiger partial charge in [0.25, 0.3) is 0 Å². The summed E-state index contributed by atoms with van der Waals surface area (Å²) in [7, 11) is 0. The van der Waals surface area contributed by atoms with Crippen molar-refractivity contribution in [3.63, 3.8) is 0 Å². The summed E-state index contributed by atoms with van der Waals surface area (Å²) in [5.41, 5.74) is 3.39. The number of aryl methyl sites for hydroxylation is 1. The second kappa shape index (κ2) is 6.87. The van der Waals surface area contributed by atoms with Crippen LogP contribution < -0.4 is 20.1 Å². The summed E-state index contributed by atoms with van der Waals surface area (Å²) < 4.78 is 10.7. The lowest BCUT2D eigenvalue weighted by molar-refractivity contribution is 0.174. The molecule has 1 aliphatic rings. The van der Waals surface area contributed by atoms with Gasteiger partial charge in [-0.3, -0.25) is 0 Å². The Labute approximate surface area is 141 Å². The molecule has 2 aromatic rings. The molecule has 0 aliphatic carbocycles. The maximum Gasteiger partial charge on any atom is 0.231 e. The summed E-state index contributed by atoms with van der Waals surface area (Å²) in [6, 6.07) is 14.3. The number of fused-ring (bicyclic) bond motifs is 1. The molecular weight excluding hydrogens is 308 g/mol. The molecule has 0 amide bonds. The largest absolute Gasteiger partial charge is 0.454 e. The van der Waals surface area contributed by atoms with Crippen LogP contribution in [0.15, 0.2) is 42.5 Å². The van der Waals surface area contributed by atoms with Crippen LogP contribution in [-0.4, -0.2) is 11.9 Å². The third kappa shape index (κ3) is 3.74. The van der Waals surface area contributed by atoms with Gasteiger partial charge in [-0.1, -0.05) is 25.1 Å². The van der Waals surface area contributed by atoms with E-state index in [4.69, 9.17) is 21.7 Å². The third-order valence-electron chi connectivity index (χ3n) is 3.86. The van der Waals surface area contributed by atoms with Gasteiger partial charge in [-0.2, -0.15) is 0 Å². The van der Waals surface area contributed by atoms with Gasteiger partial charge in [0.2, 0.25) is 6.79 Å². The monoisotopic (exact) mass is 328 g/mol. The zero-order chi connectivity index (χ0) is 16.2. The molecule has 23 heavy (non-hydrogen) atoms. The van der Waals surface area contributed by atoms with Gasteiger partial charge >= 0.3 is 0 Å². The van der Waals surface area contributed by atoms with Crippen LogP contribution in [0.1, 0.15) is 31.0 Å². The molecule has 120 valence electrons. The Kier molecular flexibility index (Phi) is 4.67. The lowest BCUT2D eigenvalue weighted by Gasteiger charge is -2.18. The maximum atomic E-state index is 5.41. The van der Waals surface area contributed by atoms with E-state index in [1.165, 1.54) is 5.56 Å². The summed E-state index contributed by atoms with van der Waals surface area (Å²) in [5.74, 6) is 1.57. The van der Waals surface area contributed by atoms with E-state index in [-0.39, 0.29) is 12.8 Å². The number of rotatable bonds is 4. The Morgan fingerprint density at radius 3 is 2.61 bits per heavy atom.